The Morgan fingerprint density at radius 2 is 1.77 bits per heavy atom. The molecule has 0 aliphatic heterocycles. The van der Waals surface area contributed by atoms with Crippen LogP contribution >= 0.6 is 0 Å². The number of hydrogen-bond donors (Lipinski definition) is 1. The second-order valence-corrected chi connectivity index (χ2v) is 8.20. The molecular formula is C10H25NOSi. The van der Waals surface area contributed by atoms with Gasteiger partial charge in [0.25, 0.3) is 0 Å². The van der Waals surface area contributed by atoms with Crippen LogP contribution in [0.15, 0.2) is 0 Å². The normalized spacial score (nSPS) is 12.0. The van der Waals surface area contributed by atoms with Crippen LogP contribution in [0, 0.1) is 0 Å². The molecule has 0 spiro atoms. The first kappa shape index (κ1) is 13.1. The number of nitrogens with two attached hydrogens (primary N) is 1. The molecule has 0 rings (SSSR count). The highest BCUT2D eigenvalue weighted by Gasteiger charge is 2.29. The number of unbranched alkanes of at least 4 members (excludes halogenated alkanes) is 1. The van der Waals surface area contributed by atoms with Crippen LogP contribution in [-0.2, 0) is 4.43 Å². The fraction of sp³-hybridized carbons (Fsp3) is 1.00. The average molecular weight is 203 g/mol. The Bertz CT molecular complexity index is 115. The van der Waals surface area contributed by atoms with Gasteiger partial charge in [0, 0.05) is 6.61 Å². The van der Waals surface area contributed by atoms with Crippen molar-refractivity contribution in [2.75, 3.05) is 13.2 Å². The summed E-state index contributed by atoms with van der Waals surface area (Å²) in [6.45, 7) is 8.44. The molecule has 0 saturated carbocycles. The molecule has 0 aliphatic rings. The zero-order valence-electron chi connectivity index (χ0n) is 9.44. The summed E-state index contributed by atoms with van der Waals surface area (Å²) in [6.07, 6.45) is 2.42. The Hall–Kier alpha value is 0.137. The molecule has 0 radical (unpaired) electrons. The quantitative estimate of drug-likeness (QED) is 0.486. The van der Waals surface area contributed by atoms with Crippen LogP contribution in [0.5, 0.6) is 0 Å². The summed E-state index contributed by atoms with van der Waals surface area (Å²) < 4.78 is 6.07. The van der Waals surface area contributed by atoms with Crippen molar-refractivity contribution in [2.24, 2.45) is 5.73 Å². The van der Waals surface area contributed by atoms with Crippen molar-refractivity contribution in [3.05, 3.63) is 0 Å². The predicted octanol–water partition coefficient (Wildman–Crippen LogP) is 2.75. The SMILES string of the molecule is CCCCO[Si](CC)(CC)CCN. The third-order valence-corrected chi connectivity index (χ3v) is 7.39. The summed E-state index contributed by atoms with van der Waals surface area (Å²) in [5, 5.41) is 0. The van der Waals surface area contributed by atoms with Crippen LogP contribution in [0.1, 0.15) is 33.6 Å². The van der Waals surface area contributed by atoms with Crippen molar-refractivity contribution >= 4 is 8.32 Å². The average Bonchev–Trinajstić information content (AvgIpc) is 2.17. The van der Waals surface area contributed by atoms with Gasteiger partial charge in [0.15, 0.2) is 8.32 Å². The van der Waals surface area contributed by atoms with E-state index in [4.69, 9.17) is 10.2 Å². The van der Waals surface area contributed by atoms with Crippen molar-refractivity contribution in [1.82, 2.24) is 0 Å². The van der Waals surface area contributed by atoms with Crippen LogP contribution in [0.4, 0.5) is 0 Å². The van der Waals surface area contributed by atoms with E-state index in [2.05, 4.69) is 20.8 Å². The highest BCUT2D eigenvalue weighted by atomic mass is 28.4. The van der Waals surface area contributed by atoms with E-state index in [1.54, 1.807) is 0 Å². The van der Waals surface area contributed by atoms with Crippen LogP contribution in [0.25, 0.3) is 0 Å². The monoisotopic (exact) mass is 203 g/mol. The van der Waals surface area contributed by atoms with E-state index in [0.717, 1.165) is 19.2 Å². The van der Waals surface area contributed by atoms with Crippen LogP contribution < -0.4 is 5.73 Å². The van der Waals surface area contributed by atoms with E-state index in [1.165, 1.54) is 24.9 Å². The maximum atomic E-state index is 6.07. The van der Waals surface area contributed by atoms with E-state index in [1.807, 2.05) is 0 Å². The van der Waals surface area contributed by atoms with Crippen molar-refractivity contribution in [3.63, 3.8) is 0 Å². The van der Waals surface area contributed by atoms with Gasteiger partial charge in [-0.05, 0) is 31.1 Å². The van der Waals surface area contributed by atoms with E-state index >= 15 is 0 Å². The summed E-state index contributed by atoms with van der Waals surface area (Å²) in [4.78, 5) is 0. The van der Waals surface area contributed by atoms with Gasteiger partial charge in [0.05, 0.1) is 0 Å². The molecule has 2 N–H and O–H groups in total. The Kier molecular flexibility index (Phi) is 7.61. The van der Waals surface area contributed by atoms with Crippen LogP contribution in [0.3, 0.4) is 0 Å². The van der Waals surface area contributed by atoms with E-state index in [-0.39, 0.29) is 0 Å². The Morgan fingerprint density at radius 1 is 1.15 bits per heavy atom. The predicted molar refractivity (Wildman–Crippen MR) is 61.4 cm³/mol. The lowest BCUT2D eigenvalue weighted by atomic mass is 10.4. The van der Waals surface area contributed by atoms with Crippen molar-refractivity contribution in [3.8, 4) is 0 Å². The smallest absolute Gasteiger partial charge is 0.193 e. The molecule has 0 aromatic rings. The molecule has 0 heterocycles. The number of rotatable bonds is 8. The summed E-state index contributed by atoms with van der Waals surface area (Å²) in [5.74, 6) is 0. The first-order valence-electron chi connectivity index (χ1n) is 5.58. The molecular weight excluding hydrogens is 178 g/mol. The maximum absolute atomic E-state index is 6.07. The highest BCUT2D eigenvalue weighted by Crippen LogP contribution is 2.21. The van der Waals surface area contributed by atoms with E-state index < -0.39 is 8.32 Å². The Labute approximate surface area is 84.0 Å². The molecule has 0 atom stereocenters. The zero-order valence-corrected chi connectivity index (χ0v) is 10.4. The minimum absolute atomic E-state index is 0.792. The molecule has 0 aromatic carbocycles. The van der Waals surface area contributed by atoms with E-state index in [0.29, 0.717) is 0 Å². The molecule has 0 amide bonds. The molecule has 0 saturated heterocycles. The van der Waals surface area contributed by atoms with Gasteiger partial charge in [-0.3, -0.25) is 0 Å². The fourth-order valence-electron chi connectivity index (χ4n) is 1.58. The zero-order chi connectivity index (χ0) is 10.2. The standard InChI is InChI=1S/C10H25NOSi/c1-4-7-9-12-13(5-2,6-3)10-8-11/h4-11H2,1-3H3. The lowest BCUT2D eigenvalue weighted by Crippen LogP contribution is -2.39. The second-order valence-electron chi connectivity index (χ2n) is 3.63. The van der Waals surface area contributed by atoms with Crippen LogP contribution in [0.2, 0.25) is 18.1 Å². The first-order valence-corrected chi connectivity index (χ1v) is 8.11. The van der Waals surface area contributed by atoms with Crippen molar-refractivity contribution < 1.29 is 4.43 Å². The topological polar surface area (TPSA) is 35.2 Å². The van der Waals surface area contributed by atoms with Gasteiger partial charge in [-0.1, -0.05) is 27.2 Å². The summed E-state index contributed by atoms with van der Waals surface area (Å²) in [5.41, 5.74) is 5.62. The molecule has 13 heavy (non-hydrogen) atoms. The Balaban J connectivity index is 3.89. The van der Waals surface area contributed by atoms with Gasteiger partial charge in [-0.2, -0.15) is 0 Å². The second kappa shape index (κ2) is 7.53. The summed E-state index contributed by atoms with van der Waals surface area (Å²) in [6, 6.07) is 3.55. The maximum Gasteiger partial charge on any atom is 0.193 e. The molecule has 0 aliphatic carbocycles. The molecule has 0 unspecified atom stereocenters. The van der Waals surface area contributed by atoms with Gasteiger partial charge in [0.1, 0.15) is 0 Å². The van der Waals surface area contributed by atoms with Gasteiger partial charge in [-0.25, -0.2) is 0 Å². The third-order valence-electron chi connectivity index (χ3n) is 2.79. The Morgan fingerprint density at radius 3 is 2.15 bits per heavy atom. The largest absolute Gasteiger partial charge is 0.417 e. The van der Waals surface area contributed by atoms with Gasteiger partial charge < -0.3 is 10.2 Å². The van der Waals surface area contributed by atoms with E-state index in [9.17, 15) is 0 Å². The molecule has 0 bridgehead atoms. The molecule has 0 fully saturated rings. The molecule has 3 heteroatoms. The third kappa shape index (κ3) is 4.79. The van der Waals surface area contributed by atoms with Crippen molar-refractivity contribution in [2.45, 2.75) is 51.7 Å². The highest BCUT2D eigenvalue weighted by molar-refractivity contribution is 6.73. The molecule has 2 nitrogen and oxygen atoms in total. The molecule has 0 aromatic heterocycles. The lowest BCUT2D eigenvalue weighted by Gasteiger charge is -2.28. The van der Waals surface area contributed by atoms with Crippen LogP contribution in [-0.4, -0.2) is 21.5 Å². The first-order chi connectivity index (χ1) is 6.24. The van der Waals surface area contributed by atoms with Crippen molar-refractivity contribution in [1.29, 1.82) is 0 Å². The minimum atomic E-state index is -1.41. The van der Waals surface area contributed by atoms with Gasteiger partial charge >= 0.3 is 0 Å². The lowest BCUT2D eigenvalue weighted by molar-refractivity contribution is 0.291. The fourth-order valence-corrected chi connectivity index (χ4v) is 4.44. The number of hydrogen-bond acceptors (Lipinski definition) is 2. The van der Waals surface area contributed by atoms with Gasteiger partial charge in [-0.15, -0.1) is 0 Å². The molecule has 80 valence electrons. The van der Waals surface area contributed by atoms with Gasteiger partial charge in [0.2, 0.25) is 0 Å². The summed E-state index contributed by atoms with van der Waals surface area (Å²) >= 11 is 0. The summed E-state index contributed by atoms with van der Waals surface area (Å²) in [7, 11) is -1.41. The minimum Gasteiger partial charge on any atom is -0.417 e.